The van der Waals surface area contributed by atoms with E-state index in [0.29, 0.717) is 0 Å². The first-order valence-electron chi connectivity index (χ1n) is 7.02. The maximum atomic E-state index is 6.24. The molecule has 0 amide bonds. The number of nitrogens with zero attached hydrogens (tertiary/aromatic N) is 2. The van der Waals surface area contributed by atoms with Crippen molar-refractivity contribution in [3.05, 3.63) is 17.6 Å². The van der Waals surface area contributed by atoms with Crippen LogP contribution in [0.1, 0.15) is 50.3 Å². The van der Waals surface area contributed by atoms with Crippen molar-refractivity contribution in [2.24, 2.45) is 0 Å². The van der Waals surface area contributed by atoms with Crippen LogP contribution in [0.2, 0.25) is 0 Å². The van der Waals surface area contributed by atoms with Gasteiger partial charge in [0.15, 0.2) is 0 Å². The summed E-state index contributed by atoms with van der Waals surface area (Å²) in [6, 6.07) is 0. The minimum atomic E-state index is 0.186. The molecule has 3 nitrogen and oxygen atoms in total. The van der Waals surface area contributed by atoms with E-state index >= 15 is 0 Å². The Morgan fingerprint density at radius 3 is 2.94 bits per heavy atom. The molecule has 0 bridgehead atoms. The Bertz CT molecular complexity index is 381. The number of halogens is 1. The lowest BCUT2D eigenvalue weighted by atomic mass is 10.1. The van der Waals surface area contributed by atoms with E-state index in [1.54, 1.807) is 6.33 Å². The molecule has 1 atom stereocenters. The molecule has 18 heavy (non-hydrogen) atoms. The molecule has 1 aliphatic carbocycles. The second-order valence-corrected chi connectivity index (χ2v) is 5.59. The highest BCUT2D eigenvalue weighted by Crippen LogP contribution is 2.24. The first-order valence-corrected chi connectivity index (χ1v) is 7.45. The molecule has 1 N–H and O–H groups in total. The largest absolute Gasteiger partial charge is 0.368 e. The van der Waals surface area contributed by atoms with Crippen LogP contribution in [-0.4, -0.2) is 21.9 Å². The number of alkyl halides is 1. The Morgan fingerprint density at radius 1 is 1.28 bits per heavy atom. The van der Waals surface area contributed by atoms with Gasteiger partial charge in [-0.15, -0.1) is 11.6 Å². The van der Waals surface area contributed by atoms with Crippen LogP contribution in [0, 0.1) is 0 Å². The van der Waals surface area contributed by atoms with E-state index in [1.807, 2.05) is 0 Å². The normalized spacial score (nSPS) is 16.8. The lowest BCUT2D eigenvalue weighted by molar-refractivity contribution is 0.708. The first-order chi connectivity index (χ1) is 8.81. The number of aromatic nitrogens is 2. The standard InChI is InChI=1S/C14H22ClN3/c1-2-6-11(15)9-16-14-12-7-4-3-5-8-13(12)17-10-18-14/h10-11H,2-9H2,1H3,(H,16,17,18). The van der Waals surface area contributed by atoms with Crippen molar-refractivity contribution >= 4 is 17.4 Å². The van der Waals surface area contributed by atoms with Gasteiger partial charge in [-0.1, -0.05) is 19.8 Å². The third-order valence-electron chi connectivity index (χ3n) is 3.47. The van der Waals surface area contributed by atoms with Crippen molar-refractivity contribution < 1.29 is 0 Å². The lowest BCUT2D eigenvalue weighted by Gasteiger charge is -2.14. The molecule has 0 saturated heterocycles. The van der Waals surface area contributed by atoms with Gasteiger partial charge >= 0.3 is 0 Å². The van der Waals surface area contributed by atoms with Gasteiger partial charge in [-0.3, -0.25) is 0 Å². The second-order valence-electron chi connectivity index (χ2n) is 4.98. The molecule has 0 saturated carbocycles. The average Bonchev–Trinajstić information content (AvgIpc) is 2.62. The quantitative estimate of drug-likeness (QED) is 0.655. The van der Waals surface area contributed by atoms with E-state index in [0.717, 1.165) is 38.0 Å². The lowest BCUT2D eigenvalue weighted by Crippen LogP contribution is -2.16. The number of rotatable bonds is 5. The van der Waals surface area contributed by atoms with Gasteiger partial charge in [-0.25, -0.2) is 9.97 Å². The SMILES string of the molecule is CCCC(Cl)CNc1ncnc2c1CCCCC2. The first kappa shape index (κ1) is 13.6. The van der Waals surface area contributed by atoms with Gasteiger partial charge in [0.2, 0.25) is 0 Å². The Balaban J connectivity index is 2.04. The van der Waals surface area contributed by atoms with Gasteiger partial charge in [0.1, 0.15) is 12.1 Å². The maximum Gasteiger partial charge on any atom is 0.132 e. The molecule has 0 spiro atoms. The van der Waals surface area contributed by atoms with Crippen LogP contribution in [-0.2, 0) is 12.8 Å². The third kappa shape index (κ3) is 3.58. The van der Waals surface area contributed by atoms with Crippen LogP contribution in [0.15, 0.2) is 6.33 Å². The van der Waals surface area contributed by atoms with Gasteiger partial charge in [-0.2, -0.15) is 0 Å². The van der Waals surface area contributed by atoms with E-state index in [4.69, 9.17) is 11.6 Å². The molecule has 1 aliphatic rings. The molecule has 100 valence electrons. The topological polar surface area (TPSA) is 37.8 Å². The Morgan fingerprint density at radius 2 is 2.11 bits per heavy atom. The maximum absolute atomic E-state index is 6.24. The molecule has 0 fully saturated rings. The number of aryl methyl sites for hydroxylation is 1. The molecule has 1 unspecified atom stereocenters. The summed E-state index contributed by atoms with van der Waals surface area (Å²) in [4.78, 5) is 8.80. The molecule has 1 heterocycles. The van der Waals surface area contributed by atoms with Crippen LogP contribution >= 0.6 is 11.6 Å². The average molecular weight is 268 g/mol. The second kappa shape index (κ2) is 6.93. The number of hydrogen-bond donors (Lipinski definition) is 1. The zero-order valence-electron chi connectivity index (χ0n) is 11.1. The summed E-state index contributed by atoms with van der Waals surface area (Å²) in [5.74, 6) is 1.00. The number of hydrogen-bond acceptors (Lipinski definition) is 3. The summed E-state index contributed by atoms with van der Waals surface area (Å²) in [6.45, 7) is 2.95. The summed E-state index contributed by atoms with van der Waals surface area (Å²) in [5, 5.41) is 3.59. The van der Waals surface area contributed by atoms with E-state index in [9.17, 15) is 0 Å². The van der Waals surface area contributed by atoms with Crippen molar-refractivity contribution in [1.82, 2.24) is 9.97 Å². The van der Waals surface area contributed by atoms with Gasteiger partial charge in [0.25, 0.3) is 0 Å². The minimum absolute atomic E-state index is 0.186. The predicted octanol–water partition coefficient (Wildman–Crippen LogP) is 3.56. The van der Waals surface area contributed by atoms with E-state index < -0.39 is 0 Å². The van der Waals surface area contributed by atoms with E-state index in [2.05, 4.69) is 22.2 Å². The van der Waals surface area contributed by atoms with Crippen molar-refractivity contribution in [2.45, 2.75) is 57.2 Å². The molecular formula is C14H22ClN3. The Hall–Kier alpha value is -0.830. The fourth-order valence-electron chi connectivity index (χ4n) is 2.47. The van der Waals surface area contributed by atoms with Crippen LogP contribution in [0.25, 0.3) is 0 Å². The molecular weight excluding hydrogens is 246 g/mol. The minimum Gasteiger partial charge on any atom is -0.368 e. The molecule has 0 aromatic carbocycles. The van der Waals surface area contributed by atoms with Gasteiger partial charge in [0.05, 0.1) is 5.38 Å². The highest BCUT2D eigenvalue weighted by Gasteiger charge is 2.14. The summed E-state index contributed by atoms with van der Waals surface area (Å²) >= 11 is 6.24. The summed E-state index contributed by atoms with van der Waals surface area (Å²) in [5.41, 5.74) is 2.54. The molecule has 0 radical (unpaired) electrons. The Kier molecular flexibility index (Phi) is 5.24. The molecule has 1 aromatic heterocycles. The molecule has 4 heteroatoms. The monoisotopic (exact) mass is 267 g/mol. The highest BCUT2D eigenvalue weighted by atomic mass is 35.5. The smallest absolute Gasteiger partial charge is 0.132 e. The highest BCUT2D eigenvalue weighted by molar-refractivity contribution is 6.20. The summed E-state index contributed by atoms with van der Waals surface area (Å²) in [6.07, 6.45) is 9.82. The fourth-order valence-corrected chi connectivity index (χ4v) is 2.77. The summed E-state index contributed by atoms with van der Waals surface area (Å²) < 4.78 is 0. The van der Waals surface area contributed by atoms with Gasteiger partial charge < -0.3 is 5.32 Å². The van der Waals surface area contributed by atoms with E-state index in [-0.39, 0.29) is 5.38 Å². The number of fused-ring (bicyclic) bond motifs is 1. The van der Waals surface area contributed by atoms with Crippen molar-refractivity contribution in [3.63, 3.8) is 0 Å². The van der Waals surface area contributed by atoms with Gasteiger partial charge in [-0.05, 0) is 32.1 Å². The molecule has 2 rings (SSSR count). The van der Waals surface area contributed by atoms with Crippen molar-refractivity contribution in [3.8, 4) is 0 Å². The van der Waals surface area contributed by atoms with Crippen LogP contribution < -0.4 is 5.32 Å². The van der Waals surface area contributed by atoms with Crippen LogP contribution in [0.5, 0.6) is 0 Å². The molecule has 1 aromatic rings. The van der Waals surface area contributed by atoms with Crippen LogP contribution in [0.4, 0.5) is 5.82 Å². The van der Waals surface area contributed by atoms with Crippen LogP contribution in [0.3, 0.4) is 0 Å². The zero-order valence-corrected chi connectivity index (χ0v) is 11.8. The molecule has 0 aliphatic heterocycles. The summed E-state index contributed by atoms with van der Waals surface area (Å²) in [7, 11) is 0. The fraction of sp³-hybridized carbons (Fsp3) is 0.714. The zero-order chi connectivity index (χ0) is 12.8. The number of anilines is 1. The third-order valence-corrected chi connectivity index (χ3v) is 3.84. The Labute approximate surface area is 114 Å². The van der Waals surface area contributed by atoms with Crippen molar-refractivity contribution in [2.75, 3.05) is 11.9 Å². The van der Waals surface area contributed by atoms with E-state index in [1.165, 1.54) is 30.5 Å². The van der Waals surface area contributed by atoms with Crippen molar-refractivity contribution in [1.29, 1.82) is 0 Å². The predicted molar refractivity (Wildman–Crippen MR) is 76.3 cm³/mol. The van der Waals surface area contributed by atoms with Gasteiger partial charge in [0, 0.05) is 17.8 Å². The number of nitrogens with one attached hydrogen (secondary N) is 1.